The maximum absolute atomic E-state index is 5.41. The van der Waals surface area contributed by atoms with E-state index in [2.05, 4.69) is 85.6 Å². The van der Waals surface area contributed by atoms with E-state index in [1.165, 1.54) is 132 Å². The first-order chi connectivity index (χ1) is 23.3. The fourth-order valence-corrected chi connectivity index (χ4v) is 8.73. The summed E-state index contributed by atoms with van der Waals surface area (Å²) in [6.07, 6.45) is 11.7. The number of hydrogen-bond donors (Lipinski definition) is 2. The number of aromatic amines is 2. The molecule has 2 saturated heterocycles. The lowest BCUT2D eigenvalue weighted by molar-refractivity contribution is 0.335. The minimum atomic E-state index is 0.979. The molecule has 254 valence electrons. The molecule has 48 heavy (non-hydrogen) atoms. The van der Waals surface area contributed by atoms with Crippen molar-refractivity contribution >= 4 is 44.4 Å². The SMILES string of the molecule is CCc1c(C)c2cc3[nH]c(cc4nc(cc5nc(cc1[nH]2)C(C)=C5CCCN1CCCC1)C(CCCN1CCCC1)=C4C)c(C)c3CC. The average Bonchev–Trinajstić information content (AvgIpc) is 3.93. The lowest BCUT2D eigenvalue weighted by atomic mass is 9.98. The van der Waals surface area contributed by atoms with Gasteiger partial charge in [-0.25, -0.2) is 9.97 Å². The molecule has 0 atom stereocenters. The van der Waals surface area contributed by atoms with E-state index < -0.39 is 0 Å². The Balaban J connectivity index is 1.41. The zero-order valence-electron chi connectivity index (χ0n) is 30.4. The van der Waals surface area contributed by atoms with Gasteiger partial charge in [0, 0.05) is 22.1 Å². The van der Waals surface area contributed by atoms with Crippen molar-refractivity contribution in [2.75, 3.05) is 39.3 Å². The molecule has 4 aliphatic heterocycles. The summed E-state index contributed by atoms with van der Waals surface area (Å²) in [7, 11) is 0. The van der Waals surface area contributed by atoms with E-state index in [1.54, 1.807) is 0 Å². The largest absolute Gasteiger partial charge is 0.355 e. The first-order valence-electron chi connectivity index (χ1n) is 18.9. The molecule has 2 fully saturated rings. The molecule has 4 aliphatic rings. The number of aromatic nitrogens is 4. The smallest absolute Gasteiger partial charge is 0.0694 e. The van der Waals surface area contributed by atoms with Crippen molar-refractivity contribution in [3.63, 3.8) is 0 Å². The van der Waals surface area contributed by atoms with Crippen LogP contribution in [0.5, 0.6) is 0 Å². The number of aryl methyl sites for hydroxylation is 4. The Morgan fingerprint density at radius 3 is 1.42 bits per heavy atom. The van der Waals surface area contributed by atoms with Crippen LogP contribution in [-0.4, -0.2) is 69.0 Å². The maximum atomic E-state index is 5.41. The average molecular weight is 645 g/mol. The van der Waals surface area contributed by atoms with Crippen molar-refractivity contribution in [3.05, 3.63) is 69.3 Å². The maximum Gasteiger partial charge on any atom is 0.0694 e. The third kappa shape index (κ3) is 6.46. The topological polar surface area (TPSA) is 63.8 Å². The zero-order chi connectivity index (χ0) is 33.4. The van der Waals surface area contributed by atoms with Gasteiger partial charge in [0.05, 0.1) is 22.8 Å². The molecule has 0 radical (unpaired) electrons. The Morgan fingerprint density at radius 2 is 0.958 bits per heavy atom. The standard InChI is InChI=1S/C42H56N6/c1-7-31-27(3)35-23-36-29(5)33(15-13-21-47-17-9-10-18-47)41(45-36)26-42-34(16-14-22-48-19-11-12-20-48)30(6)38(46-42)25-40-32(8-2)28(4)37(44-40)24-39(31)43-35/h23-26,43-44H,7-22H2,1-6H3. The van der Waals surface area contributed by atoms with Crippen LogP contribution in [0.4, 0.5) is 0 Å². The molecule has 0 spiro atoms. The Bertz CT molecular complexity index is 1910. The van der Waals surface area contributed by atoms with Gasteiger partial charge in [0.25, 0.3) is 0 Å². The van der Waals surface area contributed by atoms with Gasteiger partial charge in [-0.2, -0.15) is 0 Å². The molecule has 3 aromatic rings. The highest BCUT2D eigenvalue weighted by atomic mass is 15.1. The Kier molecular flexibility index (Phi) is 9.75. The number of rotatable bonds is 10. The summed E-state index contributed by atoms with van der Waals surface area (Å²) in [6.45, 7) is 21.0. The summed E-state index contributed by atoms with van der Waals surface area (Å²) < 4.78 is 0. The van der Waals surface area contributed by atoms with E-state index in [4.69, 9.17) is 9.97 Å². The molecule has 6 heteroatoms. The predicted octanol–water partition coefficient (Wildman–Crippen LogP) is 9.67. The normalized spacial score (nSPS) is 17.5. The lowest BCUT2D eigenvalue weighted by Crippen LogP contribution is -2.20. The van der Waals surface area contributed by atoms with Crippen LogP contribution in [0.2, 0.25) is 0 Å². The van der Waals surface area contributed by atoms with Gasteiger partial charge < -0.3 is 19.8 Å². The van der Waals surface area contributed by atoms with Crippen LogP contribution < -0.4 is 0 Å². The van der Waals surface area contributed by atoms with Gasteiger partial charge in [-0.1, -0.05) is 13.8 Å². The van der Waals surface area contributed by atoms with Crippen LogP contribution in [0, 0.1) is 13.8 Å². The van der Waals surface area contributed by atoms with Crippen molar-refractivity contribution < 1.29 is 0 Å². The second kappa shape index (κ2) is 14.2. The van der Waals surface area contributed by atoms with Gasteiger partial charge in [-0.05, 0) is 200 Å². The van der Waals surface area contributed by atoms with E-state index in [9.17, 15) is 0 Å². The van der Waals surface area contributed by atoms with Gasteiger partial charge in [-0.15, -0.1) is 0 Å². The summed E-state index contributed by atoms with van der Waals surface area (Å²) in [5.74, 6) is 0. The molecule has 0 aromatic carbocycles. The van der Waals surface area contributed by atoms with Crippen molar-refractivity contribution in [3.8, 4) is 0 Å². The predicted molar refractivity (Wildman–Crippen MR) is 204 cm³/mol. The van der Waals surface area contributed by atoms with E-state index in [0.29, 0.717) is 0 Å². The first kappa shape index (κ1) is 33.0. The first-order valence-corrected chi connectivity index (χ1v) is 18.9. The molecule has 8 bridgehead atoms. The number of likely N-dealkylation sites (tertiary alicyclic amines) is 2. The van der Waals surface area contributed by atoms with Crippen LogP contribution in [-0.2, 0) is 12.8 Å². The molecule has 0 saturated carbocycles. The van der Waals surface area contributed by atoms with E-state index in [-0.39, 0.29) is 0 Å². The zero-order valence-corrected chi connectivity index (χ0v) is 30.4. The Labute approximate surface area is 287 Å². The van der Waals surface area contributed by atoms with E-state index in [0.717, 1.165) is 61.3 Å². The number of fused-ring (bicyclic) bond motifs is 8. The number of H-pyrrole nitrogens is 2. The molecule has 0 unspecified atom stereocenters. The Morgan fingerprint density at radius 1 is 0.542 bits per heavy atom. The van der Waals surface area contributed by atoms with Crippen LogP contribution in [0.25, 0.3) is 44.4 Å². The fraction of sp³-hybridized carbons (Fsp3) is 0.524. The minimum absolute atomic E-state index is 0.979. The van der Waals surface area contributed by atoms with Gasteiger partial charge in [0.15, 0.2) is 0 Å². The number of allylic oxidation sites excluding steroid dienone is 4. The molecule has 3 aromatic heterocycles. The minimum Gasteiger partial charge on any atom is -0.355 e. The van der Waals surface area contributed by atoms with Crippen LogP contribution in [0.1, 0.15) is 124 Å². The summed E-state index contributed by atoms with van der Waals surface area (Å²) >= 11 is 0. The van der Waals surface area contributed by atoms with Crippen LogP contribution in [0.3, 0.4) is 0 Å². The van der Waals surface area contributed by atoms with Crippen molar-refractivity contribution in [1.82, 2.24) is 29.7 Å². The third-order valence-electron chi connectivity index (χ3n) is 11.7. The monoisotopic (exact) mass is 644 g/mol. The molecule has 0 aliphatic carbocycles. The lowest BCUT2D eigenvalue weighted by Gasteiger charge is -2.15. The van der Waals surface area contributed by atoms with Crippen LogP contribution >= 0.6 is 0 Å². The number of nitrogens with one attached hydrogen (secondary N) is 2. The van der Waals surface area contributed by atoms with Gasteiger partial charge in [0.1, 0.15) is 0 Å². The summed E-state index contributed by atoms with van der Waals surface area (Å²) in [5, 5.41) is 0. The number of hydrogen-bond acceptors (Lipinski definition) is 4. The molecule has 0 amide bonds. The molecule has 7 rings (SSSR count). The number of nitrogens with zero attached hydrogens (tertiary/aromatic N) is 4. The Hall–Kier alpha value is -3.48. The second-order valence-electron chi connectivity index (χ2n) is 14.7. The summed E-state index contributed by atoms with van der Waals surface area (Å²) in [4.78, 5) is 23.7. The highest BCUT2D eigenvalue weighted by Gasteiger charge is 2.23. The van der Waals surface area contributed by atoms with E-state index in [1.807, 2.05) is 0 Å². The van der Waals surface area contributed by atoms with Crippen molar-refractivity contribution in [1.29, 1.82) is 0 Å². The highest BCUT2D eigenvalue weighted by molar-refractivity contribution is 5.95. The quantitative estimate of drug-likeness (QED) is 0.231. The second-order valence-corrected chi connectivity index (χ2v) is 14.7. The third-order valence-corrected chi connectivity index (χ3v) is 11.7. The van der Waals surface area contributed by atoms with Gasteiger partial charge in [0.2, 0.25) is 0 Å². The molecule has 2 N–H and O–H groups in total. The van der Waals surface area contributed by atoms with Crippen molar-refractivity contribution in [2.24, 2.45) is 0 Å². The van der Waals surface area contributed by atoms with Crippen LogP contribution in [0.15, 0.2) is 24.3 Å². The highest BCUT2D eigenvalue weighted by Crippen LogP contribution is 2.38. The molecule has 6 nitrogen and oxygen atoms in total. The summed E-state index contributed by atoms with van der Waals surface area (Å²) in [5.41, 5.74) is 19.9. The molecule has 7 heterocycles. The molecular formula is C42H56N6. The van der Waals surface area contributed by atoms with E-state index >= 15 is 0 Å². The van der Waals surface area contributed by atoms with Crippen molar-refractivity contribution in [2.45, 2.75) is 106 Å². The molecular weight excluding hydrogens is 589 g/mol. The van der Waals surface area contributed by atoms with Gasteiger partial charge in [-0.3, -0.25) is 0 Å². The fourth-order valence-electron chi connectivity index (χ4n) is 8.73. The summed E-state index contributed by atoms with van der Waals surface area (Å²) in [6, 6.07) is 9.28. The van der Waals surface area contributed by atoms with Gasteiger partial charge >= 0.3 is 0 Å².